The molecule has 70 valence electrons. The lowest BCUT2D eigenvalue weighted by Crippen LogP contribution is -1.98. The average molecular weight is 247 g/mol. The van der Waals surface area contributed by atoms with Gasteiger partial charge in [-0.25, -0.2) is 0 Å². The second-order valence-corrected chi connectivity index (χ2v) is 3.27. The fourth-order valence-electron chi connectivity index (χ4n) is 0.900. The Morgan fingerprint density at radius 3 is 2.69 bits per heavy atom. The van der Waals surface area contributed by atoms with Crippen LogP contribution in [0.2, 0.25) is 0 Å². The standard InChI is InChI=1S/C7H7BrN2O3/c8-5-2-6(9)7(10(12)13)1-4(5)3-11/h1-2,11H,3,9H2. The molecule has 0 fully saturated rings. The largest absolute Gasteiger partial charge is 0.393 e. The van der Waals surface area contributed by atoms with Gasteiger partial charge in [-0.3, -0.25) is 10.1 Å². The van der Waals surface area contributed by atoms with E-state index < -0.39 is 4.92 Å². The summed E-state index contributed by atoms with van der Waals surface area (Å²) in [5, 5.41) is 19.3. The number of rotatable bonds is 2. The van der Waals surface area contributed by atoms with Gasteiger partial charge in [-0.1, -0.05) is 15.9 Å². The van der Waals surface area contributed by atoms with Crippen molar-refractivity contribution >= 4 is 27.3 Å². The van der Waals surface area contributed by atoms with Gasteiger partial charge in [0.2, 0.25) is 0 Å². The molecule has 1 rings (SSSR count). The van der Waals surface area contributed by atoms with Crippen molar-refractivity contribution in [3.8, 4) is 0 Å². The first-order valence-corrected chi connectivity index (χ1v) is 4.18. The van der Waals surface area contributed by atoms with Gasteiger partial charge in [0, 0.05) is 10.5 Å². The highest BCUT2D eigenvalue weighted by molar-refractivity contribution is 9.10. The number of hydrogen-bond acceptors (Lipinski definition) is 4. The number of aliphatic hydroxyl groups excluding tert-OH is 1. The van der Waals surface area contributed by atoms with Crippen LogP contribution in [0.1, 0.15) is 5.56 Å². The van der Waals surface area contributed by atoms with Gasteiger partial charge in [-0.15, -0.1) is 0 Å². The fraction of sp³-hybridized carbons (Fsp3) is 0.143. The van der Waals surface area contributed by atoms with Gasteiger partial charge in [0.25, 0.3) is 5.69 Å². The van der Waals surface area contributed by atoms with Crippen molar-refractivity contribution in [3.63, 3.8) is 0 Å². The van der Waals surface area contributed by atoms with Crippen molar-refractivity contribution in [3.05, 3.63) is 32.3 Å². The molecular formula is C7H7BrN2O3. The summed E-state index contributed by atoms with van der Waals surface area (Å²) in [4.78, 5) is 9.85. The van der Waals surface area contributed by atoms with Crippen LogP contribution in [0.25, 0.3) is 0 Å². The van der Waals surface area contributed by atoms with E-state index in [1.165, 1.54) is 12.1 Å². The third-order valence-electron chi connectivity index (χ3n) is 1.56. The van der Waals surface area contributed by atoms with Gasteiger partial charge in [-0.2, -0.15) is 0 Å². The summed E-state index contributed by atoms with van der Waals surface area (Å²) in [5.74, 6) is 0. The molecule has 0 aliphatic heterocycles. The van der Waals surface area contributed by atoms with Gasteiger partial charge in [0.05, 0.1) is 11.5 Å². The minimum Gasteiger partial charge on any atom is -0.393 e. The molecule has 1 aromatic carbocycles. The summed E-state index contributed by atoms with van der Waals surface area (Å²) in [6.07, 6.45) is 0. The Morgan fingerprint density at radius 1 is 1.62 bits per heavy atom. The monoisotopic (exact) mass is 246 g/mol. The van der Waals surface area contributed by atoms with Crippen LogP contribution in [0.3, 0.4) is 0 Å². The number of nitrogen functional groups attached to an aromatic ring is 1. The number of nitrogens with two attached hydrogens (primary N) is 1. The molecule has 6 heteroatoms. The minimum absolute atomic E-state index is 0.0778. The number of nitrogens with zero attached hydrogens (tertiary/aromatic N) is 1. The second kappa shape index (κ2) is 3.71. The highest BCUT2D eigenvalue weighted by Gasteiger charge is 2.14. The number of aliphatic hydroxyl groups is 1. The molecule has 0 saturated carbocycles. The molecule has 0 amide bonds. The first kappa shape index (κ1) is 9.94. The molecule has 13 heavy (non-hydrogen) atoms. The van der Waals surface area contributed by atoms with Crippen LogP contribution in [0, 0.1) is 10.1 Å². The van der Waals surface area contributed by atoms with E-state index in [1.807, 2.05) is 0 Å². The third-order valence-corrected chi connectivity index (χ3v) is 2.30. The van der Waals surface area contributed by atoms with Crippen LogP contribution < -0.4 is 5.73 Å². The maximum absolute atomic E-state index is 10.4. The minimum atomic E-state index is -0.582. The SMILES string of the molecule is Nc1cc(Br)c(CO)cc1[N+](=O)[O-]. The van der Waals surface area contributed by atoms with Crippen LogP contribution in [-0.2, 0) is 6.61 Å². The number of anilines is 1. The van der Waals surface area contributed by atoms with E-state index >= 15 is 0 Å². The Bertz CT molecular complexity index is 354. The molecule has 0 atom stereocenters. The van der Waals surface area contributed by atoms with Crippen LogP contribution in [0.15, 0.2) is 16.6 Å². The smallest absolute Gasteiger partial charge is 0.292 e. The zero-order valence-corrected chi connectivity index (χ0v) is 8.11. The summed E-state index contributed by atoms with van der Waals surface area (Å²) in [5.41, 5.74) is 5.73. The first-order valence-electron chi connectivity index (χ1n) is 3.39. The lowest BCUT2D eigenvalue weighted by atomic mass is 10.2. The molecule has 0 spiro atoms. The number of benzene rings is 1. The van der Waals surface area contributed by atoms with Crippen molar-refractivity contribution in [2.75, 3.05) is 5.73 Å². The van der Waals surface area contributed by atoms with Crippen LogP contribution in [0.4, 0.5) is 11.4 Å². The van der Waals surface area contributed by atoms with E-state index in [9.17, 15) is 10.1 Å². The van der Waals surface area contributed by atoms with E-state index in [2.05, 4.69) is 15.9 Å². The van der Waals surface area contributed by atoms with E-state index in [0.29, 0.717) is 10.0 Å². The summed E-state index contributed by atoms with van der Waals surface area (Å²) >= 11 is 3.13. The maximum atomic E-state index is 10.4. The van der Waals surface area contributed by atoms with Gasteiger partial charge < -0.3 is 10.8 Å². The van der Waals surface area contributed by atoms with Crippen LogP contribution in [-0.4, -0.2) is 10.0 Å². The molecule has 1 aromatic rings. The van der Waals surface area contributed by atoms with Crippen molar-refractivity contribution in [2.24, 2.45) is 0 Å². The molecule has 0 heterocycles. The number of nitro groups is 1. The van der Waals surface area contributed by atoms with Crippen LogP contribution in [0.5, 0.6) is 0 Å². The molecule has 0 bridgehead atoms. The van der Waals surface area contributed by atoms with E-state index in [0.717, 1.165) is 0 Å². The Hall–Kier alpha value is -1.14. The van der Waals surface area contributed by atoms with Crippen LogP contribution >= 0.6 is 15.9 Å². The topological polar surface area (TPSA) is 89.4 Å². The molecule has 0 aliphatic carbocycles. The number of nitro benzene ring substituents is 1. The zero-order chi connectivity index (χ0) is 10.0. The molecule has 0 aromatic heterocycles. The molecule has 0 saturated heterocycles. The molecule has 5 nitrogen and oxygen atoms in total. The lowest BCUT2D eigenvalue weighted by molar-refractivity contribution is -0.384. The van der Waals surface area contributed by atoms with E-state index in [-0.39, 0.29) is 18.0 Å². The molecular weight excluding hydrogens is 240 g/mol. The van der Waals surface area contributed by atoms with Gasteiger partial charge >= 0.3 is 0 Å². The Kier molecular flexibility index (Phi) is 2.84. The van der Waals surface area contributed by atoms with Gasteiger partial charge in [-0.05, 0) is 11.6 Å². The molecule has 0 aliphatic rings. The van der Waals surface area contributed by atoms with Crippen molar-refractivity contribution in [1.29, 1.82) is 0 Å². The van der Waals surface area contributed by atoms with Crippen molar-refractivity contribution < 1.29 is 10.0 Å². The van der Waals surface area contributed by atoms with E-state index in [4.69, 9.17) is 10.8 Å². The third kappa shape index (κ3) is 1.96. The molecule has 3 N–H and O–H groups in total. The predicted octanol–water partition coefficient (Wildman–Crippen LogP) is 1.43. The number of hydrogen-bond donors (Lipinski definition) is 2. The van der Waals surface area contributed by atoms with E-state index in [1.54, 1.807) is 0 Å². The zero-order valence-electron chi connectivity index (χ0n) is 6.53. The summed E-state index contributed by atoms with van der Waals surface area (Å²) in [6.45, 7) is -0.262. The Labute approximate surface area is 82.5 Å². The van der Waals surface area contributed by atoms with Crippen molar-refractivity contribution in [1.82, 2.24) is 0 Å². The summed E-state index contributed by atoms with van der Waals surface area (Å²) in [7, 11) is 0. The molecule has 0 radical (unpaired) electrons. The summed E-state index contributed by atoms with van der Waals surface area (Å²) < 4.78 is 0.568. The Balaban J connectivity index is 3.30. The first-order chi connectivity index (χ1) is 6.06. The normalized spacial score (nSPS) is 10.0. The number of halogens is 1. The highest BCUT2D eigenvalue weighted by Crippen LogP contribution is 2.28. The fourth-order valence-corrected chi connectivity index (χ4v) is 1.39. The second-order valence-electron chi connectivity index (χ2n) is 2.42. The average Bonchev–Trinajstić information content (AvgIpc) is 2.03. The predicted molar refractivity (Wildman–Crippen MR) is 51.1 cm³/mol. The maximum Gasteiger partial charge on any atom is 0.292 e. The van der Waals surface area contributed by atoms with Gasteiger partial charge in [0.15, 0.2) is 0 Å². The highest BCUT2D eigenvalue weighted by atomic mass is 79.9. The lowest BCUT2D eigenvalue weighted by Gasteiger charge is -2.02. The molecule has 0 unspecified atom stereocenters. The van der Waals surface area contributed by atoms with Gasteiger partial charge in [0.1, 0.15) is 5.69 Å². The summed E-state index contributed by atoms with van der Waals surface area (Å²) in [6, 6.07) is 2.66. The quantitative estimate of drug-likeness (QED) is 0.470. The Morgan fingerprint density at radius 2 is 2.23 bits per heavy atom. The van der Waals surface area contributed by atoms with Crippen molar-refractivity contribution in [2.45, 2.75) is 6.61 Å².